The number of benzene rings is 1. The summed E-state index contributed by atoms with van der Waals surface area (Å²) in [6.07, 6.45) is 3.15. The fraction of sp³-hybridized carbons (Fsp3) is 0.231. The van der Waals surface area contributed by atoms with Crippen LogP contribution in [-0.4, -0.2) is 11.7 Å². The van der Waals surface area contributed by atoms with Gasteiger partial charge in [0.2, 0.25) is 6.79 Å². The maximum atomic E-state index is 11.1. The molecule has 1 aliphatic heterocycles. The Kier molecular flexibility index (Phi) is 2.94. The summed E-state index contributed by atoms with van der Waals surface area (Å²) < 4.78 is 15.4. The van der Waals surface area contributed by atoms with E-state index in [1.807, 2.05) is 6.92 Å². The van der Waals surface area contributed by atoms with Crippen molar-refractivity contribution in [3.63, 3.8) is 0 Å². The van der Waals surface area contributed by atoms with Gasteiger partial charge in [0.05, 0.1) is 29.6 Å². The lowest BCUT2D eigenvalue weighted by Crippen LogP contribution is -2.07. The molecule has 104 valence electrons. The van der Waals surface area contributed by atoms with Crippen molar-refractivity contribution in [3.8, 4) is 11.5 Å². The minimum Gasteiger partial charge on any atom is -0.472 e. The number of rotatable bonds is 4. The molecule has 0 bridgehead atoms. The molecule has 1 atom stereocenters. The number of nitrogens with one attached hydrogen (secondary N) is 1. The van der Waals surface area contributed by atoms with Gasteiger partial charge < -0.3 is 19.2 Å². The van der Waals surface area contributed by atoms with Gasteiger partial charge in [0.15, 0.2) is 11.5 Å². The zero-order chi connectivity index (χ0) is 14.1. The summed E-state index contributed by atoms with van der Waals surface area (Å²) in [4.78, 5) is 10.7. The highest BCUT2D eigenvalue weighted by molar-refractivity contribution is 5.69. The van der Waals surface area contributed by atoms with E-state index in [1.165, 1.54) is 6.07 Å². The molecule has 2 heterocycles. The van der Waals surface area contributed by atoms with Crippen LogP contribution < -0.4 is 14.8 Å². The van der Waals surface area contributed by atoms with Crippen LogP contribution in [0.3, 0.4) is 0 Å². The molecule has 0 amide bonds. The van der Waals surface area contributed by atoms with E-state index in [2.05, 4.69) is 5.32 Å². The SMILES string of the molecule is CC(Nc1cc2c(cc1[N+](=O)[O-])OCO2)c1ccoc1. The third kappa shape index (κ3) is 2.13. The Bertz CT molecular complexity index is 638. The Hall–Kier alpha value is -2.70. The number of hydrogen-bond donors (Lipinski definition) is 1. The fourth-order valence-electron chi connectivity index (χ4n) is 2.04. The number of nitro groups is 1. The van der Waals surface area contributed by atoms with Crippen LogP contribution in [0, 0.1) is 10.1 Å². The average Bonchev–Trinajstić information content (AvgIpc) is 3.08. The highest BCUT2D eigenvalue weighted by Crippen LogP contribution is 2.41. The number of anilines is 1. The van der Waals surface area contributed by atoms with Gasteiger partial charge in [0.1, 0.15) is 5.69 Å². The zero-order valence-corrected chi connectivity index (χ0v) is 10.7. The molecule has 2 aromatic rings. The van der Waals surface area contributed by atoms with Crippen LogP contribution in [0.15, 0.2) is 35.1 Å². The second-order valence-corrected chi connectivity index (χ2v) is 4.40. The predicted molar refractivity (Wildman–Crippen MR) is 70.0 cm³/mol. The number of nitro benzene ring substituents is 1. The number of nitrogens with zero attached hydrogens (tertiary/aromatic N) is 1. The first-order valence-corrected chi connectivity index (χ1v) is 6.02. The van der Waals surface area contributed by atoms with Crippen molar-refractivity contribution in [2.75, 3.05) is 12.1 Å². The molecular weight excluding hydrogens is 264 g/mol. The average molecular weight is 276 g/mol. The van der Waals surface area contributed by atoms with Gasteiger partial charge in [0, 0.05) is 11.6 Å². The van der Waals surface area contributed by atoms with Crippen molar-refractivity contribution in [1.29, 1.82) is 0 Å². The molecule has 1 unspecified atom stereocenters. The highest BCUT2D eigenvalue weighted by atomic mass is 16.7. The Morgan fingerprint density at radius 2 is 2.10 bits per heavy atom. The topological polar surface area (TPSA) is 86.8 Å². The summed E-state index contributed by atoms with van der Waals surface area (Å²) in [7, 11) is 0. The molecule has 1 N–H and O–H groups in total. The molecule has 0 saturated heterocycles. The number of ether oxygens (including phenoxy) is 2. The summed E-state index contributed by atoms with van der Waals surface area (Å²) in [6.45, 7) is 1.96. The quantitative estimate of drug-likeness (QED) is 0.682. The van der Waals surface area contributed by atoms with Gasteiger partial charge in [0.25, 0.3) is 5.69 Å². The molecule has 7 heteroatoms. The normalized spacial score (nSPS) is 14.1. The molecule has 3 rings (SSSR count). The number of fused-ring (bicyclic) bond motifs is 1. The van der Waals surface area contributed by atoms with Gasteiger partial charge in [-0.2, -0.15) is 0 Å². The maximum absolute atomic E-state index is 11.1. The largest absolute Gasteiger partial charge is 0.472 e. The van der Waals surface area contributed by atoms with E-state index in [0.717, 1.165) is 5.56 Å². The molecule has 1 aliphatic rings. The van der Waals surface area contributed by atoms with Gasteiger partial charge in [-0.15, -0.1) is 0 Å². The van der Waals surface area contributed by atoms with E-state index < -0.39 is 4.92 Å². The first kappa shape index (κ1) is 12.3. The molecule has 0 spiro atoms. The first-order valence-electron chi connectivity index (χ1n) is 6.02. The third-order valence-corrected chi connectivity index (χ3v) is 3.10. The van der Waals surface area contributed by atoms with Crippen molar-refractivity contribution >= 4 is 11.4 Å². The molecule has 1 aromatic carbocycles. The van der Waals surface area contributed by atoms with Crippen molar-refractivity contribution in [3.05, 3.63) is 46.4 Å². The third-order valence-electron chi connectivity index (χ3n) is 3.10. The second-order valence-electron chi connectivity index (χ2n) is 4.40. The lowest BCUT2D eigenvalue weighted by Gasteiger charge is -2.14. The molecule has 0 radical (unpaired) electrons. The van der Waals surface area contributed by atoms with E-state index in [4.69, 9.17) is 13.9 Å². The van der Waals surface area contributed by atoms with Gasteiger partial charge in [-0.3, -0.25) is 10.1 Å². The summed E-state index contributed by atoms with van der Waals surface area (Å²) in [5, 5.41) is 14.2. The highest BCUT2D eigenvalue weighted by Gasteiger charge is 2.24. The maximum Gasteiger partial charge on any atom is 0.296 e. The Morgan fingerprint density at radius 1 is 1.35 bits per heavy atom. The minimum atomic E-state index is -0.452. The van der Waals surface area contributed by atoms with Crippen LogP contribution in [0.4, 0.5) is 11.4 Å². The van der Waals surface area contributed by atoms with Crippen LogP contribution in [-0.2, 0) is 0 Å². The Morgan fingerprint density at radius 3 is 2.75 bits per heavy atom. The van der Waals surface area contributed by atoms with Crippen LogP contribution in [0.25, 0.3) is 0 Å². The first-order chi connectivity index (χ1) is 9.65. The van der Waals surface area contributed by atoms with Gasteiger partial charge in [-0.05, 0) is 13.0 Å². The molecule has 0 fully saturated rings. The molecule has 20 heavy (non-hydrogen) atoms. The monoisotopic (exact) mass is 276 g/mol. The van der Waals surface area contributed by atoms with Crippen molar-refractivity contribution in [2.24, 2.45) is 0 Å². The van der Waals surface area contributed by atoms with E-state index in [9.17, 15) is 10.1 Å². The van der Waals surface area contributed by atoms with Crippen LogP contribution in [0.1, 0.15) is 18.5 Å². The standard InChI is InChI=1S/C13H12N2O5/c1-8(9-2-3-18-6-9)14-10-4-12-13(20-7-19-12)5-11(10)15(16)17/h2-6,8,14H,7H2,1H3. The lowest BCUT2D eigenvalue weighted by molar-refractivity contribution is -0.384. The number of hydrogen-bond acceptors (Lipinski definition) is 6. The fourth-order valence-corrected chi connectivity index (χ4v) is 2.04. The lowest BCUT2D eigenvalue weighted by atomic mass is 10.1. The second kappa shape index (κ2) is 4.76. The smallest absolute Gasteiger partial charge is 0.296 e. The van der Waals surface area contributed by atoms with E-state index in [-0.39, 0.29) is 18.5 Å². The molecule has 1 aromatic heterocycles. The zero-order valence-electron chi connectivity index (χ0n) is 10.7. The molecule has 7 nitrogen and oxygen atoms in total. The van der Waals surface area contributed by atoms with Crippen LogP contribution >= 0.6 is 0 Å². The van der Waals surface area contributed by atoms with Gasteiger partial charge in [-0.1, -0.05) is 0 Å². The summed E-state index contributed by atoms with van der Waals surface area (Å²) in [5.41, 5.74) is 1.23. The van der Waals surface area contributed by atoms with E-state index >= 15 is 0 Å². The number of furan rings is 1. The molecule has 0 aliphatic carbocycles. The minimum absolute atomic E-state index is 0.0513. The summed E-state index contributed by atoms with van der Waals surface area (Å²) >= 11 is 0. The van der Waals surface area contributed by atoms with E-state index in [1.54, 1.807) is 24.7 Å². The van der Waals surface area contributed by atoms with Crippen molar-refractivity contribution in [2.45, 2.75) is 13.0 Å². The predicted octanol–water partition coefficient (Wildman–Crippen LogP) is 3.09. The Balaban J connectivity index is 1.94. The van der Waals surface area contributed by atoms with Crippen molar-refractivity contribution in [1.82, 2.24) is 0 Å². The van der Waals surface area contributed by atoms with Gasteiger partial charge >= 0.3 is 0 Å². The van der Waals surface area contributed by atoms with Crippen LogP contribution in [0.2, 0.25) is 0 Å². The summed E-state index contributed by atoms with van der Waals surface area (Å²) in [5.74, 6) is 0.885. The molecule has 0 saturated carbocycles. The van der Waals surface area contributed by atoms with Crippen molar-refractivity contribution < 1.29 is 18.8 Å². The van der Waals surface area contributed by atoms with Crippen LogP contribution in [0.5, 0.6) is 11.5 Å². The van der Waals surface area contributed by atoms with E-state index in [0.29, 0.717) is 17.2 Å². The molecular formula is C13H12N2O5. The van der Waals surface area contributed by atoms with Gasteiger partial charge in [-0.25, -0.2) is 0 Å². The summed E-state index contributed by atoms with van der Waals surface area (Å²) in [6, 6.07) is 4.62. The Labute approximate surface area is 114 Å².